The Labute approximate surface area is 110 Å². The highest BCUT2D eigenvalue weighted by Gasteiger charge is 2.15. The molecule has 1 aromatic rings. The van der Waals surface area contributed by atoms with Gasteiger partial charge in [0.2, 0.25) is 0 Å². The van der Waals surface area contributed by atoms with Gasteiger partial charge in [-0.3, -0.25) is 0 Å². The molecule has 3 heteroatoms. The molecule has 0 aliphatic carbocycles. The van der Waals surface area contributed by atoms with Crippen LogP contribution in [0.15, 0.2) is 24.3 Å². The van der Waals surface area contributed by atoms with Crippen LogP contribution in [0.5, 0.6) is 0 Å². The van der Waals surface area contributed by atoms with E-state index < -0.39 is 0 Å². The van der Waals surface area contributed by atoms with E-state index >= 15 is 0 Å². The Morgan fingerprint density at radius 1 is 1.17 bits per heavy atom. The number of nitrogens with one attached hydrogen (secondary N) is 1. The third-order valence-corrected chi connectivity index (χ3v) is 3.60. The molecular weight excluding hydrogens is 224 g/mol. The van der Waals surface area contributed by atoms with Crippen LogP contribution in [0.25, 0.3) is 0 Å². The number of morpholine rings is 1. The van der Waals surface area contributed by atoms with Crippen LogP contribution in [0.1, 0.15) is 26.7 Å². The Balaban J connectivity index is 2.13. The Morgan fingerprint density at radius 3 is 2.50 bits per heavy atom. The number of hydrogen-bond donors (Lipinski definition) is 1. The van der Waals surface area contributed by atoms with E-state index in [9.17, 15) is 0 Å². The summed E-state index contributed by atoms with van der Waals surface area (Å²) in [6, 6.07) is 9.17. The van der Waals surface area contributed by atoms with Crippen LogP contribution in [0.4, 0.5) is 11.4 Å². The second-order valence-corrected chi connectivity index (χ2v) is 4.77. The molecule has 1 aliphatic heterocycles. The average molecular weight is 248 g/mol. The van der Waals surface area contributed by atoms with Gasteiger partial charge < -0.3 is 15.0 Å². The minimum absolute atomic E-state index is 0.562. The molecule has 1 saturated heterocycles. The van der Waals surface area contributed by atoms with E-state index in [1.807, 2.05) is 0 Å². The molecule has 1 aromatic carbocycles. The lowest BCUT2D eigenvalue weighted by Crippen LogP contribution is -2.36. The van der Waals surface area contributed by atoms with Crippen LogP contribution in [-0.4, -0.2) is 32.3 Å². The normalized spacial score (nSPS) is 16.1. The number of para-hydroxylation sites is 2. The summed E-state index contributed by atoms with van der Waals surface area (Å²) in [5, 5.41) is 3.66. The molecule has 0 saturated carbocycles. The summed E-state index contributed by atoms with van der Waals surface area (Å²) in [6.07, 6.45) is 2.32. The first-order chi connectivity index (χ1) is 8.85. The van der Waals surface area contributed by atoms with Gasteiger partial charge in [0.1, 0.15) is 0 Å². The van der Waals surface area contributed by atoms with Crippen molar-refractivity contribution < 1.29 is 4.74 Å². The Bertz CT molecular complexity index is 357. The van der Waals surface area contributed by atoms with Gasteiger partial charge >= 0.3 is 0 Å². The van der Waals surface area contributed by atoms with Gasteiger partial charge in [-0.05, 0) is 25.0 Å². The van der Waals surface area contributed by atoms with Crippen molar-refractivity contribution in [1.29, 1.82) is 0 Å². The standard InChI is InChI=1S/C15H24N2O/c1-3-13(4-2)16-14-7-5-6-8-15(14)17-9-11-18-12-10-17/h5-8,13,16H,3-4,9-12H2,1-2H3. The van der Waals surface area contributed by atoms with Crippen LogP contribution >= 0.6 is 0 Å². The minimum Gasteiger partial charge on any atom is -0.381 e. The van der Waals surface area contributed by atoms with Crippen LogP contribution in [-0.2, 0) is 4.74 Å². The molecule has 0 spiro atoms. The Morgan fingerprint density at radius 2 is 1.83 bits per heavy atom. The van der Waals surface area contributed by atoms with E-state index in [1.54, 1.807) is 0 Å². The molecule has 1 fully saturated rings. The average Bonchev–Trinajstić information content (AvgIpc) is 2.46. The van der Waals surface area contributed by atoms with Gasteiger partial charge in [-0.25, -0.2) is 0 Å². The van der Waals surface area contributed by atoms with Gasteiger partial charge in [0, 0.05) is 19.1 Å². The lowest BCUT2D eigenvalue weighted by molar-refractivity contribution is 0.123. The maximum Gasteiger partial charge on any atom is 0.0642 e. The van der Waals surface area contributed by atoms with Crippen molar-refractivity contribution in [3.63, 3.8) is 0 Å². The van der Waals surface area contributed by atoms with Gasteiger partial charge in [-0.2, -0.15) is 0 Å². The number of ether oxygens (including phenoxy) is 1. The maximum atomic E-state index is 5.42. The highest BCUT2D eigenvalue weighted by molar-refractivity contribution is 5.70. The molecule has 18 heavy (non-hydrogen) atoms. The largest absolute Gasteiger partial charge is 0.381 e. The summed E-state index contributed by atoms with van der Waals surface area (Å²) in [6.45, 7) is 8.11. The highest BCUT2D eigenvalue weighted by Crippen LogP contribution is 2.27. The monoisotopic (exact) mass is 248 g/mol. The zero-order valence-electron chi connectivity index (χ0n) is 11.5. The fourth-order valence-electron chi connectivity index (χ4n) is 2.39. The first kappa shape index (κ1) is 13.2. The summed E-state index contributed by atoms with van der Waals surface area (Å²) in [7, 11) is 0. The minimum atomic E-state index is 0.562. The van der Waals surface area contributed by atoms with E-state index in [1.165, 1.54) is 11.4 Å². The molecule has 3 nitrogen and oxygen atoms in total. The molecular formula is C15H24N2O. The summed E-state index contributed by atoms with van der Waals surface area (Å²) in [4.78, 5) is 2.41. The third kappa shape index (κ3) is 3.16. The highest BCUT2D eigenvalue weighted by atomic mass is 16.5. The topological polar surface area (TPSA) is 24.5 Å². The molecule has 1 N–H and O–H groups in total. The molecule has 0 atom stereocenters. The number of benzene rings is 1. The Hall–Kier alpha value is -1.22. The van der Waals surface area contributed by atoms with Crippen molar-refractivity contribution in [2.75, 3.05) is 36.5 Å². The van der Waals surface area contributed by atoms with Gasteiger partial charge in [-0.15, -0.1) is 0 Å². The number of anilines is 2. The molecule has 1 heterocycles. The number of rotatable bonds is 5. The summed E-state index contributed by atoms with van der Waals surface area (Å²) in [5.41, 5.74) is 2.57. The van der Waals surface area contributed by atoms with E-state index in [0.717, 1.165) is 39.1 Å². The van der Waals surface area contributed by atoms with Crippen molar-refractivity contribution in [2.45, 2.75) is 32.7 Å². The predicted molar refractivity (Wildman–Crippen MR) is 77.5 cm³/mol. The van der Waals surface area contributed by atoms with Crippen molar-refractivity contribution >= 4 is 11.4 Å². The number of hydrogen-bond acceptors (Lipinski definition) is 3. The predicted octanol–water partition coefficient (Wildman–Crippen LogP) is 3.12. The van der Waals surface area contributed by atoms with Gasteiger partial charge in [-0.1, -0.05) is 26.0 Å². The quantitative estimate of drug-likeness (QED) is 0.866. The Kier molecular flexibility index (Phi) is 4.88. The van der Waals surface area contributed by atoms with Crippen molar-refractivity contribution in [3.05, 3.63) is 24.3 Å². The van der Waals surface area contributed by atoms with Crippen LogP contribution < -0.4 is 10.2 Å². The zero-order valence-corrected chi connectivity index (χ0v) is 11.5. The molecule has 100 valence electrons. The third-order valence-electron chi connectivity index (χ3n) is 3.60. The molecule has 0 aromatic heterocycles. The summed E-state index contributed by atoms with van der Waals surface area (Å²) < 4.78 is 5.42. The fraction of sp³-hybridized carbons (Fsp3) is 0.600. The van der Waals surface area contributed by atoms with Crippen LogP contribution in [0.3, 0.4) is 0 Å². The van der Waals surface area contributed by atoms with Crippen LogP contribution in [0, 0.1) is 0 Å². The molecule has 0 amide bonds. The van der Waals surface area contributed by atoms with Gasteiger partial charge in [0.15, 0.2) is 0 Å². The molecule has 0 unspecified atom stereocenters. The SMILES string of the molecule is CCC(CC)Nc1ccccc1N1CCOCC1. The molecule has 0 radical (unpaired) electrons. The molecule has 1 aliphatic rings. The molecule has 0 bridgehead atoms. The van der Waals surface area contributed by atoms with E-state index in [0.29, 0.717) is 6.04 Å². The van der Waals surface area contributed by atoms with E-state index in [4.69, 9.17) is 4.74 Å². The summed E-state index contributed by atoms with van der Waals surface area (Å²) >= 11 is 0. The molecule has 2 rings (SSSR count). The van der Waals surface area contributed by atoms with Crippen molar-refractivity contribution in [2.24, 2.45) is 0 Å². The van der Waals surface area contributed by atoms with Crippen molar-refractivity contribution in [3.8, 4) is 0 Å². The van der Waals surface area contributed by atoms with Crippen LogP contribution in [0.2, 0.25) is 0 Å². The smallest absolute Gasteiger partial charge is 0.0642 e. The second-order valence-electron chi connectivity index (χ2n) is 4.77. The van der Waals surface area contributed by atoms with Gasteiger partial charge in [0.25, 0.3) is 0 Å². The summed E-state index contributed by atoms with van der Waals surface area (Å²) in [5.74, 6) is 0. The second kappa shape index (κ2) is 6.64. The van der Waals surface area contributed by atoms with Gasteiger partial charge in [0.05, 0.1) is 24.6 Å². The van der Waals surface area contributed by atoms with E-state index in [2.05, 4.69) is 48.3 Å². The first-order valence-corrected chi connectivity index (χ1v) is 7.03. The number of nitrogens with zero attached hydrogens (tertiary/aromatic N) is 1. The maximum absolute atomic E-state index is 5.42. The van der Waals surface area contributed by atoms with E-state index in [-0.39, 0.29) is 0 Å². The zero-order chi connectivity index (χ0) is 12.8. The van der Waals surface area contributed by atoms with Crippen molar-refractivity contribution in [1.82, 2.24) is 0 Å². The lowest BCUT2D eigenvalue weighted by atomic mass is 10.1. The first-order valence-electron chi connectivity index (χ1n) is 7.03. The fourth-order valence-corrected chi connectivity index (χ4v) is 2.39. The lowest BCUT2D eigenvalue weighted by Gasteiger charge is -2.31.